The molecular weight excluding hydrogens is 376 g/mol. The molecule has 2 N–H and O–H groups in total. The van der Waals surface area contributed by atoms with Gasteiger partial charge in [-0.05, 0) is 43.0 Å². The zero-order valence-electron chi connectivity index (χ0n) is 17.5. The molecule has 0 spiro atoms. The standard InChI is InChI=1S/C23H26N6O/c1-15(2)17-9-4-7-12-20(17)29-16(3)25-22(28-29)23(30)24-14-8-13-21-26-18-10-5-6-11-19(18)27-21/h4-7,9-12,15H,8,13-14H2,1-3H3,(H,24,30)(H,26,27). The maximum atomic E-state index is 12.5. The highest BCUT2D eigenvalue weighted by atomic mass is 16.2. The second-order valence-corrected chi connectivity index (χ2v) is 7.67. The summed E-state index contributed by atoms with van der Waals surface area (Å²) in [4.78, 5) is 24.8. The Hall–Kier alpha value is -3.48. The molecule has 0 aliphatic rings. The number of hydrogen-bond acceptors (Lipinski definition) is 4. The number of amides is 1. The fraction of sp³-hybridized carbons (Fsp3) is 0.304. The van der Waals surface area contributed by atoms with Crippen molar-refractivity contribution in [3.05, 3.63) is 71.6 Å². The second-order valence-electron chi connectivity index (χ2n) is 7.67. The van der Waals surface area contributed by atoms with Gasteiger partial charge in [-0.2, -0.15) is 0 Å². The van der Waals surface area contributed by atoms with Crippen molar-refractivity contribution in [3.8, 4) is 5.69 Å². The minimum Gasteiger partial charge on any atom is -0.349 e. The first-order valence-corrected chi connectivity index (χ1v) is 10.3. The first kappa shape index (κ1) is 19.8. The number of rotatable bonds is 7. The zero-order valence-corrected chi connectivity index (χ0v) is 17.5. The van der Waals surface area contributed by atoms with Crippen LogP contribution >= 0.6 is 0 Å². The van der Waals surface area contributed by atoms with Crippen LogP contribution in [0.2, 0.25) is 0 Å². The van der Waals surface area contributed by atoms with Crippen molar-refractivity contribution in [2.45, 2.75) is 39.5 Å². The summed E-state index contributed by atoms with van der Waals surface area (Å²) in [6.07, 6.45) is 1.54. The predicted octanol–water partition coefficient (Wildman–Crippen LogP) is 3.94. The van der Waals surface area contributed by atoms with Crippen LogP contribution in [0.25, 0.3) is 16.7 Å². The third-order valence-electron chi connectivity index (χ3n) is 5.07. The van der Waals surface area contributed by atoms with Crippen LogP contribution in [-0.2, 0) is 6.42 Å². The van der Waals surface area contributed by atoms with Gasteiger partial charge in [-0.15, -0.1) is 5.10 Å². The van der Waals surface area contributed by atoms with E-state index in [1.165, 1.54) is 5.56 Å². The van der Waals surface area contributed by atoms with Gasteiger partial charge in [0.2, 0.25) is 5.82 Å². The Morgan fingerprint density at radius 2 is 1.87 bits per heavy atom. The molecule has 7 nitrogen and oxygen atoms in total. The molecule has 154 valence electrons. The number of aromatic nitrogens is 5. The molecule has 0 unspecified atom stereocenters. The van der Waals surface area contributed by atoms with Crippen molar-refractivity contribution < 1.29 is 4.79 Å². The summed E-state index contributed by atoms with van der Waals surface area (Å²) in [6, 6.07) is 16.0. The van der Waals surface area contributed by atoms with Crippen molar-refractivity contribution in [2.75, 3.05) is 6.54 Å². The van der Waals surface area contributed by atoms with E-state index in [0.29, 0.717) is 18.3 Å². The van der Waals surface area contributed by atoms with E-state index in [1.807, 2.05) is 49.4 Å². The highest BCUT2D eigenvalue weighted by Gasteiger charge is 2.17. The number of carbonyl (C=O) groups excluding carboxylic acids is 1. The van der Waals surface area contributed by atoms with Gasteiger partial charge < -0.3 is 10.3 Å². The number of para-hydroxylation sites is 3. The summed E-state index contributed by atoms with van der Waals surface area (Å²) in [5.41, 5.74) is 4.12. The molecule has 7 heteroatoms. The van der Waals surface area contributed by atoms with Crippen molar-refractivity contribution in [2.24, 2.45) is 0 Å². The topological polar surface area (TPSA) is 88.5 Å². The second kappa shape index (κ2) is 8.49. The largest absolute Gasteiger partial charge is 0.349 e. The Bertz CT molecular complexity index is 1140. The summed E-state index contributed by atoms with van der Waals surface area (Å²) in [5.74, 6) is 1.89. The molecule has 0 fully saturated rings. The average Bonchev–Trinajstić information content (AvgIpc) is 3.34. The monoisotopic (exact) mass is 402 g/mol. The van der Waals surface area contributed by atoms with Crippen molar-refractivity contribution >= 4 is 16.9 Å². The van der Waals surface area contributed by atoms with E-state index in [-0.39, 0.29) is 11.7 Å². The van der Waals surface area contributed by atoms with E-state index >= 15 is 0 Å². The minimum atomic E-state index is -0.261. The molecule has 0 aliphatic carbocycles. The number of benzene rings is 2. The molecule has 1 amide bonds. The number of imidazole rings is 1. The lowest BCUT2D eigenvalue weighted by molar-refractivity contribution is 0.0943. The molecule has 4 rings (SSSR count). The number of nitrogens with one attached hydrogen (secondary N) is 2. The Morgan fingerprint density at radius 3 is 2.67 bits per heavy atom. The Morgan fingerprint density at radius 1 is 1.10 bits per heavy atom. The smallest absolute Gasteiger partial charge is 0.290 e. The van der Waals surface area contributed by atoms with Gasteiger partial charge in [0, 0.05) is 13.0 Å². The Balaban J connectivity index is 1.38. The van der Waals surface area contributed by atoms with Crippen LogP contribution in [0, 0.1) is 6.92 Å². The van der Waals surface area contributed by atoms with Crippen LogP contribution in [-0.4, -0.2) is 37.2 Å². The molecule has 0 radical (unpaired) electrons. The van der Waals surface area contributed by atoms with E-state index < -0.39 is 0 Å². The molecule has 0 atom stereocenters. The van der Waals surface area contributed by atoms with Crippen molar-refractivity contribution in [1.82, 2.24) is 30.0 Å². The minimum absolute atomic E-state index is 0.190. The van der Waals surface area contributed by atoms with Crippen LogP contribution in [0.3, 0.4) is 0 Å². The van der Waals surface area contributed by atoms with Gasteiger partial charge in [0.1, 0.15) is 11.6 Å². The van der Waals surface area contributed by atoms with E-state index in [4.69, 9.17) is 0 Å². The third kappa shape index (κ3) is 4.10. The van der Waals surface area contributed by atoms with Gasteiger partial charge in [-0.3, -0.25) is 4.79 Å². The average molecular weight is 403 g/mol. The number of fused-ring (bicyclic) bond motifs is 1. The highest BCUT2D eigenvalue weighted by Crippen LogP contribution is 2.23. The summed E-state index contributed by atoms with van der Waals surface area (Å²) < 4.78 is 1.75. The van der Waals surface area contributed by atoms with Crippen LogP contribution in [0.15, 0.2) is 48.5 Å². The van der Waals surface area contributed by atoms with Crippen LogP contribution in [0.4, 0.5) is 0 Å². The molecular formula is C23H26N6O. The maximum absolute atomic E-state index is 12.5. The highest BCUT2D eigenvalue weighted by molar-refractivity contribution is 5.90. The van der Waals surface area contributed by atoms with Crippen molar-refractivity contribution in [1.29, 1.82) is 0 Å². The third-order valence-corrected chi connectivity index (χ3v) is 5.07. The first-order valence-electron chi connectivity index (χ1n) is 10.3. The lowest BCUT2D eigenvalue weighted by Gasteiger charge is -2.12. The van der Waals surface area contributed by atoms with Gasteiger partial charge in [-0.1, -0.05) is 44.2 Å². The summed E-state index contributed by atoms with van der Waals surface area (Å²) in [6.45, 7) is 6.68. The summed E-state index contributed by atoms with van der Waals surface area (Å²) in [7, 11) is 0. The molecule has 0 aliphatic heterocycles. The van der Waals surface area contributed by atoms with E-state index in [0.717, 1.165) is 35.4 Å². The summed E-state index contributed by atoms with van der Waals surface area (Å²) in [5, 5.41) is 7.38. The molecule has 0 saturated carbocycles. The molecule has 0 bridgehead atoms. The molecule has 4 aromatic rings. The van der Waals surface area contributed by atoms with Gasteiger partial charge in [0.05, 0.1) is 16.7 Å². The number of aromatic amines is 1. The maximum Gasteiger partial charge on any atom is 0.290 e. The number of hydrogen-bond donors (Lipinski definition) is 2. The quantitative estimate of drug-likeness (QED) is 0.458. The lowest BCUT2D eigenvalue weighted by atomic mass is 10.0. The van der Waals surface area contributed by atoms with Gasteiger partial charge in [0.25, 0.3) is 5.91 Å². The number of carbonyl (C=O) groups is 1. The number of nitrogens with zero attached hydrogens (tertiary/aromatic N) is 4. The van der Waals surface area contributed by atoms with Crippen molar-refractivity contribution in [3.63, 3.8) is 0 Å². The molecule has 0 saturated heterocycles. The predicted molar refractivity (Wildman–Crippen MR) is 117 cm³/mol. The van der Waals surface area contributed by atoms with Crippen LogP contribution < -0.4 is 5.32 Å². The lowest BCUT2D eigenvalue weighted by Crippen LogP contribution is -2.26. The van der Waals surface area contributed by atoms with Gasteiger partial charge >= 0.3 is 0 Å². The molecule has 2 aromatic heterocycles. The fourth-order valence-electron chi connectivity index (χ4n) is 3.54. The van der Waals surface area contributed by atoms with Gasteiger partial charge in [-0.25, -0.2) is 14.6 Å². The Labute approximate surface area is 175 Å². The van der Waals surface area contributed by atoms with Crippen LogP contribution in [0.5, 0.6) is 0 Å². The van der Waals surface area contributed by atoms with E-state index in [9.17, 15) is 4.79 Å². The fourth-order valence-corrected chi connectivity index (χ4v) is 3.54. The SMILES string of the molecule is Cc1nc(C(=O)NCCCc2nc3ccccc3[nH]2)nn1-c1ccccc1C(C)C. The summed E-state index contributed by atoms with van der Waals surface area (Å²) >= 11 is 0. The van der Waals surface area contributed by atoms with E-state index in [1.54, 1.807) is 4.68 Å². The number of H-pyrrole nitrogens is 1. The molecule has 2 aromatic carbocycles. The molecule has 2 heterocycles. The van der Waals surface area contributed by atoms with Crippen LogP contribution in [0.1, 0.15) is 54.0 Å². The van der Waals surface area contributed by atoms with E-state index in [2.05, 4.69) is 45.3 Å². The molecule has 30 heavy (non-hydrogen) atoms. The Kier molecular flexibility index (Phi) is 5.61. The first-order chi connectivity index (χ1) is 14.5. The normalized spacial score (nSPS) is 11.3. The zero-order chi connectivity index (χ0) is 21.1. The number of aryl methyl sites for hydroxylation is 2. The van der Waals surface area contributed by atoms with Gasteiger partial charge in [0.15, 0.2) is 0 Å².